The summed E-state index contributed by atoms with van der Waals surface area (Å²) in [5.74, 6) is 0.600. The monoisotopic (exact) mass is 698 g/mol. The molecule has 262 valence electrons. The van der Waals surface area contributed by atoms with Crippen molar-refractivity contribution in [3.05, 3.63) is 203 Å². The number of benzene rings is 8. The average molecular weight is 699 g/mol. The van der Waals surface area contributed by atoms with Gasteiger partial charge in [-0.05, 0) is 126 Å². The molecule has 0 fully saturated rings. The molecule has 0 saturated heterocycles. The summed E-state index contributed by atoms with van der Waals surface area (Å²) < 4.78 is 0. The molecule has 0 spiro atoms. The highest BCUT2D eigenvalue weighted by Gasteiger charge is 2.45. The maximum Gasteiger partial charge on any atom is 0.116 e. The second kappa shape index (κ2) is 12.8. The molecule has 0 radical (unpaired) electrons. The van der Waals surface area contributed by atoms with Crippen LogP contribution >= 0.6 is 0 Å². The quantitative estimate of drug-likeness (QED) is 0.147. The molecule has 0 bridgehead atoms. The second-order valence-electron chi connectivity index (χ2n) is 15.4. The molecule has 10 rings (SSSR count). The number of aromatic hydroxyl groups is 2. The van der Waals surface area contributed by atoms with Crippen LogP contribution in [0.25, 0.3) is 43.8 Å². The zero-order valence-electron chi connectivity index (χ0n) is 30.3. The molecule has 8 aromatic rings. The minimum absolute atomic E-state index is 0.247. The fourth-order valence-electron chi connectivity index (χ4n) is 10.2. The highest BCUT2D eigenvalue weighted by atomic mass is 16.3. The van der Waals surface area contributed by atoms with Crippen LogP contribution in [0.3, 0.4) is 0 Å². The summed E-state index contributed by atoms with van der Waals surface area (Å²) in [6.07, 6.45) is 6.55. The third kappa shape index (κ3) is 4.93. The SMILES string of the molecule is Oc1ccc2cc(C3(CCCCCCC4(c5ccc6cc(O)ccc6c5)c5ccccc5-c5ccccc54)c4ccccc4-c4ccccc43)ccc2c1. The smallest absolute Gasteiger partial charge is 0.116 e. The average Bonchev–Trinajstić information content (AvgIpc) is 3.67. The first-order valence-corrected chi connectivity index (χ1v) is 19.4. The molecule has 2 aliphatic rings. The lowest BCUT2D eigenvalue weighted by Gasteiger charge is -2.34. The number of phenolic OH excluding ortho intramolecular Hbond substituents is 2. The van der Waals surface area contributed by atoms with Crippen molar-refractivity contribution in [2.24, 2.45) is 0 Å². The second-order valence-corrected chi connectivity index (χ2v) is 15.4. The maximum atomic E-state index is 10.2. The van der Waals surface area contributed by atoms with Crippen LogP contribution in [0.4, 0.5) is 0 Å². The number of rotatable bonds is 9. The van der Waals surface area contributed by atoms with Gasteiger partial charge in [0.1, 0.15) is 11.5 Å². The first kappa shape index (κ1) is 32.5. The van der Waals surface area contributed by atoms with E-state index in [9.17, 15) is 10.2 Å². The van der Waals surface area contributed by atoms with Gasteiger partial charge >= 0.3 is 0 Å². The lowest BCUT2D eigenvalue weighted by atomic mass is 9.68. The van der Waals surface area contributed by atoms with E-state index in [-0.39, 0.29) is 10.8 Å². The summed E-state index contributed by atoms with van der Waals surface area (Å²) in [4.78, 5) is 0. The van der Waals surface area contributed by atoms with Gasteiger partial charge in [0.05, 0.1) is 0 Å². The van der Waals surface area contributed by atoms with Gasteiger partial charge in [-0.2, -0.15) is 0 Å². The molecule has 8 aromatic carbocycles. The van der Waals surface area contributed by atoms with Crippen LogP contribution < -0.4 is 0 Å². The molecule has 2 heteroatoms. The van der Waals surface area contributed by atoms with E-state index in [1.54, 1.807) is 12.1 Å². The summed E-state index contributed by atoms with van der Waals surface area (Å²) in [5.41, 5.74) is 13.1. The first-order valence-electron chi connectivity index (χ1n) is 19.4. The van der Waals surface area contributed by atoms with Crippen molar-refractivity contribution in [2.75, 3.05) is 0 Å². The van der Waals surface area contributed by atoms with Gasteiger partial charge in [-0.3, -0.25) is 0 Å². The van der Waals surface area contributed by atoms with E-state index < -0.39 is 0 Å². The normalized spacial score (nSPS) is 14.4. The number of unbranched alkanes of at least 4 members (excludes halogenated alkanes) is 3. The number of fused-ring (bicyclic) bond motifs is 8. The third-order valence-corrected chi connectivity index (χ3v) is 12.6. The molecule has 2 aliphatic carbocycles. The third-order valence-electron chi connectivity index (χ3n) is 12.6. The van der Waals surface area contributed by atoms with Crippen molar-refractivity contribution < 1.29 is 10.2 Å². The molecule has 0 aromatic heterocycles. The Morgan fingerprint density at radius 2 is 0.630 bits per heavy atom. The van der Waals surface area contributed by atoms with Gasteiger partial charge in [-0.25, -0.2) is 0 Å². The minimum Gasteiger partial charge on any atom is -0.508 e. The zero-order chi connectivity index (χ0) is 36.3. The van der Waals surface area contributed by atoms with Crippen molar-refractivity contribution in [1.82, 2.24) is 0 Å². The fourth-order valence-corrected chi connectivity index (χ4v) is 10.2. The van der Waals surface area contributed by atoms with Gasteiger partial charge in [-0.15, -0.1) is 0 Å². The van der Waals surface area contributed by atoms with Crippen LogP contribution in [0.5, 0.6) is 11.5 Å². The van der Waals surface area contributed by atoms with Crippen molar-refractivity contribution in [3.8, 4) is 33.8 Å². The van der Waals surface area contributed by atoms with E-state index in [1.807, 2.05) is 24.3 Å². The van der Waals surface area contributed by atoms with E-state index in [0.717, 1.165) is 60.1 Å². The molecule has 0 heterocycles. The molecular formula is C52H42O2. The van der Waals surface area contributed by atoms with E-state index in [4.69, 9.17) is 0 Å². The molecule has 0 atom stereocenters. The van der Waals surface area contributed by atoms with Gasteiger partial charge in [0.15, 0.2) is 0 Å². The first-order chi connectivity index (χ1) is 26.6. The van der Waals surface area contributed by atoms with Gasteiger partial charge in [0.2, 0.25) is 0 Å². The van der Waals surface area contributed by atoms with Crippen LogP contribution in [-0.2, 0) is 10.8 Å². The molecule has 0 unspecified atom stereocenters. The highest BCUT2D eigenvalue weighted by Crippen LogP contribution is 2.57. The van der Waals surface area contributed by atoms with E-state index in [2.05, 4.69) is 133 Å². The number of phenols is 2. The largest absolute Gasteiger partial charge is 0.508 e. The van der Waals surface area contributed by atoms with Crippen molar-refractivity contribution in [1.29, 1.82) is 0 Å². The fraction of sp³-hybridized carbons (Fsp3) is 0.154. The molecule has 54 heavy (non-hydrogen) atoms. The van der Waals surface area contributed by atoms with Crippen LogP contribution in [0.2, 0.25) is 0 Å². The van der Waals surface area contributed by atoms with Crippen molar-refractivity contribution in [3.63, 3.8) is 0 Å². The summed E-state index contributed by atoms with van der Waals surface area (Å²) >= 11 is 0. The number of hydrogen-bond donors (Lipinski definition) is 2. The Balaban J connectivity index is 0.976. The topological polar surface area (TPSA) is 40.5 Å². The minimum atomic E-state index is -0.247. The van der Waals surface area contributed by atoms with Gasteiger partial charge < -0.3 is 10.2 Å². The molecule has 2 nitrogen and oxygen atoms in total. The molecule has 2 N–H and O–H groups in total. The Kier molecular flexibility index (Phi) is 7.70. The van der Waals surface area contributed by atoms with Crippen LogP contribution in [0, 0.1) is 0 Å². The number of hydrogen-bond acceptors (Lipinski definition) is 2. The van der Waals surface area contributed by atoms with Gasteiger partial charge in [0.25, 0.3) is 0 Å². The Morgan fingerprint density at radius 1 is 0.315 bits per heavy atom. The summed E-state index contributed by atoms with van der Waals surface area (Å²) in [6, 6.07) is 61.1. The van der Waals surface area contributed by atoms with Crippen molar-refractivity contribution in [2.45, 2.75) is 49.4 Å². The molecule has 0 amide bonds. The Labute approximate surface area is 317 Å². The summed E-state index contributed by atoms with van der Waals surface area (Å²) in [6.45, 7) is 0. The predicted molar refractivity (Wildman–Crippen MR) is 222 cm³/mol. The lowest BCUT2D eigenvalue weighted by molar-refractivity contribution is 0.475. The Bertz CT molecular complexity index is 2440. The van der Waals surface area contributed by atoms with Crippen LogP contribution in [0.15, 0.2) is 170 Å². The highest BCUT2D eigenvalue weighted by molar-refractivity contribution is 5.90. The zero-order valence-corrected chi connectivity index (χ0v) is 30.3. The van der Waals surface area contributed by atoms with Gasteiger partial charge in [0, 0.05) is 10.8 Å². The Hall–Kier alpha value is -6.12. The van der Waals surface area contributed by atoms with Crippen molar-refractivity contribution >= 4 is 21.5 Å². The van der Waals surface area contributed by atoms with E-state index in [0.29, 0.717) is 11.5 Å². The van der Waals surface area contributed by atoms with Crippen LogP contribution in [-0.4, -0.2) is 10.2 Å². The van der Waals surface area contributed by atoms with E-state index >= 15 is 0 Å². The van der Waals surface area contributed by atoms with E-state index in [1.165, 1.54) is 55.6 Å². The van der Waals surface area contributed by atoms with Gasteiger partial charge in [-0.1, -0.05) is 159 Å². The lowest BCUT2D eigenvalue weighted by Crippen LogP contribution is -2.27. The predicted octanol–water partition coefficient (Wildman–Crippen LogP) is 13.1. The molecule has 0 aliphatic heterocycles. The molecular weight excluding hydrogens is 657 g/mol. The summed E-state index contributed by atoms with van der Waals surface area (Å²) in [7, 11) is 0. The van der Waals surface area contributed by atoms with Crippen LogP contribution in [0.1, 0.15) is 71.9 Å². The Morgan fingerprint density at radius 3 is 1.00 bits per heavy atom. The standard InChI is InChI=1S/C52H42O2/c53-41-27-23-35-31-39(25-21-37(35)33-41)51(47-17-7-3-13-43(47)44-14-4-8-18-48(44)51)29-11-1-2-12-30-52(40-26-22-38-34-42(54)28-24-36(38)32-40)49-19-9-5-15-45(49)46-16-6-10-20-50(46)52/h3-10,13-28,31-34,53-54H,1-2,11-12,29-30H2. The molecule has 0 saturated carbocycles. The maximum absolute atomic E-state index is 10.2. The summed E-state index contributed by atoms with van der Waals surface area (Å²) in [5, 5.41) is 24.8.